The molecule has 8 heteroatoms. The summed E-state index contributed by atoms with van der Waals surface area (Å²) in [4.78, 5) is 19.0. The molecule has 2 aliphatic rings. The van der Waals surface area contributed by atoms with Crippen molar-refractivity contribution >= 4 is 32.7 Å². The van der Waals surface area contributed by atoms with Crippen LogP contribution in [0.3, 0.4) is 0 Å². The van der Waals surface area contributed by atoms with Crippen molar-refractivity contribution < 1.29 is 17.9 Å². The summed E-state index contributed by atoms with van der Waals surface area (Å²) in [5.41, 5.74) is 3.04. The van der Waals surface area contributed by atoms with Crippen LogP contribution in [0.15, 0.2) is 53.5 Å². The van der Waals surface area contributed by atoms with Crippen molar-refractivity contribution in [1.82, 2.24) is 4.90 Å². The number of aryl methyl sites for hydroxylation is 1. The van der Waals surface area contributed by atoms with Crippen LogP contribution in [-0.4, -0.2) is 54.3 Å². The minimum Gasteiger partial charge on any atom is -0.497 e. The first kappa shape index (κ1) is 20.9. The van der Waals surface area contributed by atoms with E-state index in [1.54, 1.807) is 7.11 Å². The van der Waals surface area contributed by atoms with Gasteiger partial charge in [-0.3, -0.25) is 4.79 Å². The van der Waals surface area contributed by atoms with E-state index in [1.807, 2.05) is 60.4 Å². The van der Waals surface area contributed by atoms with Gasteiger partial charge in [-0.05, 0) is 30.2 Å². The SMILES string of the molecule is COc1ccc(CN2C(=NC(=O)Cc3cccc(C)c3)SC3CS(=O)(=O)CC32)cc1. The van der Waals surface area contributed by atoms with Crippen molar-refractivity contribution in [2.24, 2.45) is 4.99 Å². The molecule has 2 saturated heterocycles. The van der Waals surface area contributed by atoms with E-state index in [0.717, 1.165) is 22.4 Å². The Balaban J connectivity index is 1.56. The molecule has 0 aliphatic carbocycles. The van der Waals surface area contributed by atoms with Crippen LogP contribution in [0.1, 0.15) is 16.7 Å². The zero-order valence-corrected chi connectivity index (χ0v) is 18.6. The normalized spacial score (nSPS) is 23.5. The van der Waals surface area contributed by atoms with Crippen molar-refractivity contribution in [1.29, 1.82) is 0 Å². The topological polar surface area (TPSA) is 76.0 Å². The number of sulfone groups is 1. The fourth-order valence-electron chi connectivity index (χ4n) is 3.89. The summed E-state index contributed by atoms with van der Waals surface area (Å²) >= 11 is 1.41. The molecule has 2 aliphatic heterocycles. The third-order valence-corrected chi connectivity index (χ3v) is 8.59. The zero-order valence-electron chi connectivity index (χ0n) is 16.9. The Morgan fingerprint density at radius 3 is 2.63 bits per heavy atom. The van der Waals surface area contributed by atoms with Gasteiger partial charge < -0.3 is 9.64 Å². The summed E-state index contributed by atoms with van der Waals surface area (Å²) in [7, 11) is -1.45. The monoisotopic (exact) mass is 444 g/mol. The second-order valence-electron chi connectivity index (χ2n) is 7.73. The van der Waals surface area contributed by atoms with Crippen molar-refractivity contribution in [2.75, 3.05) is 18.6 Å². The van der Waals surface area contributed by atoms with Crippen LogP contribution in [0.5, 0.6) is 5.75 Å². The Kier molecular flexibility index (Phi) is 5.88. The average molecular weight is 445 g/mol. The van der Waals surface area contributed by atoms with Gasteiger partial charge in [-0.25, -0.2) is 8.42 Å². The molecule has 0 saturated carbocycles. The summed E-state index contributed by atoms with van der Waals surface area (Å²) in [6, 6.07) is 15.3. The number of hydrogen-bond donors (Lipinski definition) is 0. The zero-order chi connectivity index (χ0) is 21.3. The number of amides is 1. The van der Waals surface area contributed by atoms with Crippen LogP contribution in [0.2, 0.25) is 0 Å². The maximum absolute atomic E-state index is 12.6. The number of rotatable bonds is 5. The molecule has 0 bridgehead atoms. The molecule has 158 valence electrons. The lowest BCUT2D eigenvalue weighted by atomic mass is 10.1. The lowest BCUT2D eigenvalue weighted by Gasteiger charge is -2.24. The van der Waals surface area contributed by atoms with E-state index in [4.69, 9.17) is 4.74 Å². The van der Waals surface area contributed by atoms with Crippen LogP contribution >= 0.6 is 11.8 Å². The summed E-state index contributed by atoms with van der Waals surface area (Å²) in [6.45, 7) is 2.50. The van der Waals surface area contributed by atoms with Gasteiger partial charge in [0.15, 0.2) is 15.0 Å². The molecule has 4 rings (SSSR count). The number of nitrogens with zero attached hydrogens (tertiary/aromatic N) is 2. The average Bonchev–Trinajstić information content (AvgIpc) is 3.14. The Morgan fingerprint density at radius 1 is 1.17 bits per heavy atom. The minimum atomic E-state index is -3.07. The largest absolute Gasteiger partial charge is 0.497 e. The maximum Gasteiger partial charge on any atom is 0.252 e. The van der Waals surface area contributed by atoms with Gasteiger partial charge in [0, 0.05) is 11.8 Å². The van der Waals surface area contributed by atoms with E-state index in [-0.39, 0.29) is 35.1 Å². The van der Waals surface area contributed by atoms with Crippen molar-refractivity contribution in [3.8, 4) is 5.75 Å². The molecule has 0 radical (unpaired) electrons. The second kappa shape index (κ2) is 8.43. The highest BCUT2D eigenvalue weighted by atomic mass is 32.2. The second-order valence-corrected chi connectivity index (χ2v) is 11.1. The van der Waals surface area contributed by atoms with E-state index in [0.29, 0.717) is 11.7 Å². The first-order valence-electron chi connectivity index (χ1n) is 9.77. The van der Waals surface area contributed by atoms with Gasteiger partial charge >= 0.3 is 0 Å². The third-order valence-electron chi connectivity index (χ3n) is 5.35. The van der Waals surface area contributed by atoms with Crippen molar-refractivity contribution in [3.05, 3.63) is 65.2 Å². The van der Waals surface area contributed by atoms with Gasteiger partial charge in [0.1, 0.15) is 5.75 Å². The number of ether oxygens (including phenoxy) is 1. The Bertz CT molecular complexity index is 1080. The minimum absolute atomic E-state index is 0.0845. The molecule has 2 aromatic carbocycles. The highest BCUT2D eigenvalue weighted by Gasteiger charge is 2.48. The lowest BCUT2D eigenvalue weighted by molar-refractivity contribution is -0.117. The molecule has 6 nitrogen and oxygen atoms in total. The number of amidine groups is 1. The van der Waals surface area contributed by atoms with E-state index in [2.05, 4.69) is 4.99 Å². The molecule has 2 heterocycles. The molecule has 2 aromatic rings. The number of methoxy groups -OCH3 is 1. The molecule has 0 aromatic heterocycles. The molecule has 30 heavy (non-hydrogen) atoms. The predicted octanol–water partition coefficient (Wildman–Crippen LogP) is 2.84. The summed E-state index contributed by atoms with van der Waals surface area (Å²) in [5.74, 6) is 0.780. The Hall–Kier alpha value is -2.32. The fourth-order valence-corrected chi connectivity index (χ4v) is 7.86. The van der Waals surface area contributed by atoms with Gasteiger partial charge in [-0.15, -0.1) is 0 Å². The van der Waals surface area contributed by atoms with E-state index >= 15 is 0 Å². The lowest BCUT2D eigenvalue weighted by Crippen LogP contribution is -2.37. The predicted molar refractivity (Wildman–Crippen MR) is 120 cm³/mol. The Morgan fingerprint density at radius 2 is 1.93 bits per heavy atom. The third kappa shape index (κ3) is 4.70. The van der Waals surface area contributed by atoms with E-state index < -0.39 is 9.84 Å². The van der Waals surface area contributed by atoms with Gasteiger partial charge in [-0.2, -0.15) is 4.99 Å². The van der Waals surface area contributed by atoms with Crippen LogP contribution < -0.4 is 4.74 Å². The maximum atomic E-state index is 12.6. The van der Waals surface area contributed by atoms with E-state index in [9.17, 15) is 13.2 Å². The van der Waals surface area contributed by atoms with Crippen LogP contribution in [0.25, 0.3) is 0 Å². The molecule has 2 atom stereocenters. The number of aliphatic imine (C=N–C) groups is 1. The smallest absolute Gasteiger partial charge is 0.252 e. The number of thioether (sulfide) groups is 1. The first-order chi connectivity index (χ1) is 14.3. The molecular weight excluding hydrogens is 420 g/mol. The summed E-state index contributed by atoms with van der Waals surface area (Å²) < 4.78 is 29.5. The Labute approximate surface area is 181 Å². The summed E-state index contributed by atoms with van der Waals surface area (Å²) in [6.07, 6.45) is 0.232. The number of carbonyl (C=O) groups is 1. The highest BCUT2D eigenvalue weighted by Crippen LogP contribution is 2.39. The molecule has 0 N–H and O–H groups in total. The standard InChI is InChI=1S/C22H24N2O4S2/c1-15-4-3-5-17(10-15)11-21(25)23-22-24(12-16-6-8-18(28-2)9-7-16)19-13-30(26,27)14-20(19)29-22/h3-10,19-20H,11-14H2,1-2H3. The molecule has 0 spiro atoms. The van der Waals surface area contributed by atoms with Gasteiger partial charge in [0.25, 0.3) is 5.91 Å². The summed E-state index contributed by atoms with van der Waals surface area (Å²) in [5, 5.41) is 0.534. The highest BCUT2D eigenvalue weighted by molar-refractivity contribution is 8.15. The number of fused-ring (bicyclic) bond motifs is 1. The van der Waals surface area contributed by atoms with Gasteiger partial charge in [-0.1, -0.05) is 53.7 Å². The van der Waals surface area contributed by atoms with Crippen LogP contribution in [-0.2, 0) is 27.6 Å². The first-order valence-corrected chi connectivity index (χ1v) is 12.5. The number of benzene rings is 2. The van der Waals surface area contributed by atoms with Crippen LogP contribution in [0, 0.1) is 6.92 Å². The van der Waals surface area contributed by atoms with Gasteiger partial charge in [0.2, 0.25) is 0 Å². The quantitative estimate of drug-likeness (QED) is 0.706. The van der Waals surface area contributed by atoms with Crippen LogP contribution in [0.4, 0.5) is 0 Å². The van der Waals surface area contributed by atoms with Crippen molar-refractivity contribution in [2.45, 2.75) is 31.2 Å². The number of carbonyl (C=O) groups excluding carboxylic acids is 1. The molecular formula is C22H24N2O4S2. The number of hydrogen-bond acceptors (Lipinski definition) is 5. The molecule has 2 unspecified atom stereocenters. The fraction of sp³-hybridized carbons (Fsp3) is 0.364. The molecule has 1 amide bonds. The molecule has 2 fully saturated rings. The van der Waals surface area contributed by atoms with Crippen molar-refractivity contribution in [3.63, 3.8) is 0 Å². The van der Waals surface area contributed by atoms with Gasteiger partial charge in [0.05, 0.1) is 31.1 Å². The van der Waals surface area contributed by atoms with E-state index in [1.165, 1.54) is 11.8 Å².